The van der Waals surface area contributed by atoms with E-state index in [1.807, 2.05) is 78.9 Å². The number of ether oxygens (including phenoxy) is 1. The predicted octanol–water partition coefficient (Wildman–Crippen LogP) is 5.20. The van der Waals surface area contributed by atoms with E-state index < -0.39 is 0 Å². The van der Waals surface area contributed by atoms with Gasteiger partial charge in [-0.05, 0) is 46.3 Å². The Bertz CT molecular complexity index is 1100. The highest BCUT2D eigenvalue weighted by Crippen LogP contribution is 2.24. The van der Waals surface area contributed by atoms with Gasteiger partial charge in [0.1, 0.15) is 12.4 Å². The molecule has 32 heavy (non-hydrogen) atoms. The number of para-hydroxylation sites is 1. The fourth-order valence-electron chi connectivity index (χ4n) is 3.00. The van der Waals surface area contributed by atoms with Gasteiger partial charge >= 0.3 is 0 Å². The summed E-state index contributed by atoms with van der Waals surface area (Å²) in [4.78, 5) is 0. The Morgan fingerprint density at radius 3 is 2.50 bits per heavy atom. The van der Waals surface area contributed by atoms with E-state index >= 15 is 0 Å². The van der Waals surface area contributed by atoms with Crippen LogP contribution >= 0.6 is 35.8 Å². The Balaban J connectivity index is 0.00000289. The van der Waals surface area contributed by atoms with Gasteiger partial charge in [0.05, 0.1) is 5.69 Å². The largest absolute Gasteiger partial charge is 0.489 e. The lowest BCUT2D eigenvalue weighted by Crippen LogP contribution is -2.17. The summed E-state index contributed by atoms with van der Waals surface area (Å²) in [5.74, 6) is 1.66. The first-order valence-corrected chi connectivity index (χ1v) is 11.3. The van der Waals surface area contributed by atoms with Crippen molar-refractivity contribution < 1.29 is 4.74 Å². The lowest BCUT2D eigenvalue weighted by Gasteiger charge is -2.13. The standard InChI is InChI=1S/C23H22ClN5OS.ClH/c24-20-11-12-22(30-17-18-7-3-1-4-8-18)19(15-20)16-25-13-14-31-23-26-27-28-29(23)21-9-5-2-6-10-21;/h1-12,15,25H,13-14,16-17H2;1H. The minimum absolute atomic E-state index is 0. The Kier molecular flexibility index (Phi) is 9.37. The molecule has 0 aliphatic carbocycles. The smallest absolute Gasteiger partial charge is 0.214 e. The number of hydrogen-bond acceptors (Lipinski definition) is 6. The quantitative estimate of drug-likeness (QED) is 0.245. The predicted molar refractivity (Wildman–Crippen MR) is 131 cm³/mol. The van der Waals surface area contributed by atoms with Crippen LogP contribution in [0.1, 0.15) is 11.1 Å². The van der Waals surface area contributed by atoms with Gasteiger partial charge in [-0.1, -0.05) is 71.9 Å². The molecule has 0 atom stereocenters. The van der Waals surface area contributed by atoms with Crippen LogP contribution < -0.4 is 10.1 Å². The van der Waals surface area contributed by atoms with Crippen molar-refractivity contribution in [3.8, 4) is 11.4 Å². The number of thioether (sulfide) groups is 1. The van der Waals surface area contributed by atoms with Crippen LogP contribution in [0.5, 0.6) is 5.75 Å². The summed E-state index contributed by atoms with van der Waals surface area (Å²) in [6.45, 7) is 1.97. The molecule has 0 spiro atoms. The summed E-state index contributed by atoms with van der Waals surface area (Å²) < 4.78 is 7.77. The summed E-state index contributed by atoms with van der Waals surface area (Å²) in [5.41, 5.74) is 3.11. The van der Waals surface area contributed by atoms with Crippen LogP contribution in [0.15, 0.2) is 84.0 Å². The molecule has 3 aromatic carbocycles. The molecule has 0 aliphatic rings. The second-order valence-electron chi connectivity index (χ2n) is 6.76. The van der Waals surface area contributed by atoms with Crippen LogP contribution in [0.4, 0.5) is 0 Å². The highest BCUT2D eigenvalue weighted by molar-refractivity contribution is 7.99. The minimum Gasteiger partial charge on any atom is -0.489 e. The average Bonchev–Trinajstić information content (AvgIpc) is 3.28. The van der Waals surface area contributed by atoms with Gasteiger partial charge in [-0.2, -0.15) is 4.68 Å². The highest BCUT2D eigenvalue weighted by atomic mass is 35.5. The third kappa shape index (κ3) is 6.71. The average molecular weight is 488 g/mol. The molecule has 6 nitrogen and oxygen atoms in total. The van der Waals surface area contributed by atoms with Crippen molar-refractivity contribution in [3.05, 3.63) is 95.0 Å². The molecule has 4 rings (SSSR count). The monoisotopic (exact) mass is 487 g/mol. The highest BCUT2D eigenvalue weighted by Gasteiger charge is 2.09. The summed E-state index contributed by atoms with van der Waals surface area (Å²) in [7, 11) is 0. The van der Waals surface area contributed by atoms with E-state index in [9.17, 15) is 0 Å². The Hall–Kier alpha value is -2.58. The molecule has 0 radical (unpaired) electrons. The van der Waals surface area contributed by atoms with Crippen molar-refractivity contribution in [2.24, 2.45) is 0 Å². The number of nitrogens with one attached hydrogen (secondary N) is 1. The molecule has 9 heteroatoms. The summed E-state index contributed by atoms with van der Waals surface area (Å²) in [6, 6.07) is 25.7. The van der Waals surface area contributed by atoms with E-state index in [1.165, 1.54) is 0 Å². The van der Waals surface area contributed by atoms with Gasteiger partial charge in [0.25, 0.3) is 0 Å². The van der Waals surface area contributed by atoms with Crippen LogP contribution in [0, 0.1) is 0 Å². The second-order valence-corrected chi connectivity index (χ2v) is 8.26. The number of halogens is 2. The van der Waals surface area contributed by atoms with Crippen molar-refractivity contribution in [1.82, 2.24) is 25.5 Å². The van der Waals surface area contributed by atoms with Crippen LogP contribution in [0.25, 0.3) is 5.69 Å². The fraction of sp³-hybridized carbons (Fsp3) is 0.174. The van der Waals surface area contributed by atoms with E-state index in [-0.39, 0.29) is 12.4 Å². The number of hydrogen-bond donors (Lipinski definition) is 1. The number of tetrazole rings is 1. The van der Waals surface area contributed by atoms with E-state index in [1.54, 1.807) is 16.4 Å². The molecule has 1 N–H and O–H groups in total. The molecule has 0 aliphatic heterocycles. The first-order valence-electron chi connectivity index (χ1n) is 9.92. The van der Waals surface area contributed by atoms with Gasteiger partial charge < -0.3 is 10.1 Å². The molecule has 166 valence electrons. The van der Waals surface area contributed by atoms with E-state index in [0.717, 1.165) is 40.0 Å². The van der Waals surface area contributed by atoms with Crippen molar-refractivity contribution >= 4 is 35.8 Å². The van der Waals surface area contributed by atoms with E-state index in [2.05, 4.69) is 20.8 Å². The molecule has 0 bridgehead atoms. The number of aromatic nitrogens is 4. The van der Waals surface area contributed by atoms with E-state index in [4.69, 9.17) is 16.3 Å². The van der Waals surface area contributed by atoms with Crippen LogP contribution in [0.3, 0.4) is 0 Å². The lowest BCUT2D eigenvalue weighted by molar-refractivity contribution is 0.302. The number of benzene rings is 3. The molecule has 0 saturated carbocycles. The molecular weight excluding hydrogens is 465 g/mol. The number of nitrogens with zero attached hydrogens (tertiary/aromatic N) is 4. The summed E-state index contributed by atoms with van der Waals surface area (Å²) in [6.07, 6.45) is 0. The van der Waals surface area contributed by atoms with E-state index in [0.29, 0.717) is 18.2 Å². The first kappa shape index (κ1) is 24.1. The van der Waals surface area contributed by atoms with Crippen LogP contribution in [0.2, 0.25) is 5.02 Å². The zero-order chi connectivity index (χ0) is 21.3. The molecule has 0 fully saturated rings. The van der Waals surface area contributed by atoms with Crippen molar-refractivity contribution in [2.45, 2.75) is 18.3 Å². The van der Waals surface area contributed by atoms with Gasteiger partial charge in [-0.3, -0.25) is 0 Å². The maximum absolute atomic E-state index is 6.20. The molecule has 0 unspecified atom stereocenters. The summed E-state index contributed by atoms with van der Waals surface area (Å²) in [5, 5.41) is 16.9. The Morgan fingerprint density at radius 2 is 1.72 bits per heavy atom. The van der Waals surface area contributed by atoms with Crippen molar-refractivity contribution in [2.75, 3.05) is 12.3 Å². The maximum atomic E-state index is 6.20. The van der Waals surface area contributed by atoms with Crippen LogP contribution in [-0.4, -0.2) is 32.5 Å². The minimum atomic E-state index is 0. The zero-order valence-corrected chi connectivity index (χ0v) is 19.6. The van der Waals surface area contributed by atoms with Gasteiger partial charge in [-0.25, -0.2) is 0 Å². The Labute approximate surface area is 202 Å². The van der Waals surface area contributed by atoms with Gasteiger partial charge in [-0.15, -0.1) is 17.5 Å². The van der Waals surface area contributed by atoms with Crippen molar-refractivity contribution in [1.29, 1.82) is 0 Å². The van der Waals surface area contributed by atoms with Crippen molar-refractivity contribution in [3.63, 3.8) is 0 Å². The van der Waals surface area contributed by atoms with Gasteiger partial charge in [0.2, 0.25) is 5.16 Å². The second kappa shape index (κ2) is 12.5. The maximum Gasteiger partial charge on any atom is 0.214 e. The van der Waals surface area contributed by atoms with Crippen LogP contribution in [-0.2, 0) is 13.2 Å². The molecule has 1 heterocycles. The molecule has 1 aromatic heterocycles. The Morgan fingerprint density at radius 1 is 0.969 bits per heavy atom. The first-order chi connectivity index (χ1) is 15.3. The molecular formula is C23H23Cl2N5OS. The molecule has 4 aromatic rings. The molecule has 0 amide bonds. The van der Waals surface area contributed by atoms with Gasteiger partial charge in [0.15, 0.2) is 0 Å². The number of rotatable bonds is 10. The topological polar surface area (TPSA) is 64.9 Å². The third-order valence-electron chi connectivity index (χ3n) is 4.53. The lowest BCUT2D eigenvalue weighted by atomic mass is 10.2. The zero-order valence-electron chi connectivity index (χ0n) is 17.2. The normalized spacial score (nSPS) is 10.5. The van der Waals surface area contributed by atoms with Gasteiger partial charge in [0, 0.05) is 29.4 Å². The molecule has 0 saturated heterocycles. The fourth-order valence-corrected chi connectivity index (χ4v) is 3.98. The third-order valence-corrected chi connectivity index (χ3v) is 5.68. The SMILES string of the molecule is Cl.Clc1ccc(OCc2ccccc2)c(CNCCSc2nnnn2-c2ccccc2)c1. The summed E-state index contributed by atoms with van der Waals surface area (Å²) >= 11 is 7.81.